The molecule has 67 heavy (non-hydrogen) atoms. The van der Waals surface area contributed by atoms with Gasteiger partial charge in [-0.1, -0.05) is 59.6 Å². The third kappa shape index (κ3) is 17.0. The van der Waals surface area contributed by atoms with Crippen LogP contribution in [0.5, 0.6) is 5.75 Å². The lowest BCUT2D eigenvalue weighted by Crippen LogP contribution is -2.56. The largest absolute Gasteiger partial charge is 0.508 e. The Morgan fingerprint density at radius 2 is 1.69 bits per heavy atom. The van der Waals surface area contributed by atoms with E-state index in [4.69, 9.17) is 14.3 Å². The van der Waals surface area contributed by atoms with E-state index in [1.54, 1.807) is 31.2 Å². The second-order valence-corrected chi connectivity index (χ2v) is 18.7. The van der Waals surface area contributed by atoms with Crippen LogP contribution in [-0.2, 0) is 46.5 Å². The molecule has 0 saturated carbocycles. The van der Waals surface area contributed by atoms with Crippen molar-refractivity contribution < 1.29 is 53.4 Å². The summed E-state index contributed by atoms with van der Waals surface area (Å²) < 4.78 is 11.7. The molecule has 0 aliphatic carbocycles. The van der Waals surface area contributed by atoms with E-state index in [-0.39, 0.29) is 80.0 Å². The molecule has 1 aliphatic heterocycles. The Hall–Kier alpha value is -5.34. The number of non-ortho nitro benzene ring substituents is 1. The first-order valence-corrected chi connectivity index (χ1v) is 23.9. The van der Waals surface area contributed by atoms with Crippen LogP contribution in [0.15, 0.2) is 53.9 Å². The summed E-state index contributed by atoms with van der Waals surface area (Å²) in [5, 5.41) is 39.8. The number of carbonyl (C=O) groups is 5. The van der Waals surface area contributed by atoms with Crippen LogP contribution in [0.3, 0.4) is 0 Å². The number of rotatable bonds is 28. The Balaban J connectivity index is 1.58. The SMILES string of the molecule is CC[C@H](C)[C@H](NCC(=O)[C@H]1CCCCN1C)C(=O)N(OCCCOCc1ccc([N+](=O)[O-])cc1)[C@H](C[C@@H](OC(C)=O)c1nc(C(=O)N[C@@H](Cc2ccc(O)cc2)C[C@H](C)C(=O)O)cs1)C(C)C. The quantitative estimate of drug-likeness (QED) is 0.0258. The minimum atomic E-state index is -1.02. The highest BCUT2D eigenvalue weighted by Crippen LogP contribution is 2.32. The molecule has 2 amide bonds. The predicted molar refractivity (Wildman–Crippen MR) is 251 cm³/mol. The maximum atomic E-state index is 14.9. The van der Waals surface area contributed by atoms with Crippen LogP contribution in [0.1, 0.15) is 119 Å². The number of nitrogens with one attached hydrogen (secondary N) is 2. The van der Waals surface area contributed by atoms with Gasteiger partial charge < -0.3 is 25.0 Å². The van der Waals surface area contributed by atoms with E-state index < -0.39 is 58.8 Å². The third-order valence-corrected chi connectivity index (χ3v) is 13.0. The maximum Gasteiger partial charge on any atom is 0.306 e. The first kappa shape index (κ1) is 54.3. The van der Waals surface area contributed by atoms with Gasteiger partial charge in [0.2, 0.25) is 0 Å². The van der Waals surface area contributed by atoms with E-state index in [1.807, 2.05) is 34.7 Å². The first-order valence-electron chi connectivity index (χ1n) is 23.1. The number of nitro groups is 1. The van der Waals surface area contributed by atoms with Gasteiger partial charge in [0.25, 0.3) is 17.5 Å². The lowest BCUT2D eigenvalue weighted by molar-refractivity contribution is -0.384. The number of phenolic OH excluding ortho intramolecular Hbond substituents is 1. The van der Waals surface area contributed by atoms with Crippen molar-refractivity contribution >= 4 is 46.6 Å². The molecule has 2 aromatic carbocycles. The molecule has 3 aromatic rings. The van der Waals surface area contributed by atoms with Crippen molar-refractivity contribution in [3.8, 4) is 5.75 Å². The predicted octanol–water partition coefficient (Wildman–Crippen LogP) is 6.65. The Bertz CT molecular complexity index is 2080. The number of thiazole rings is 1. The molecule has 18 nitrogen and oxygen atoms in total. The summed E-state index contributed by atoms with van der Waals surface area (Å²) in [6.45, 7) is 11.8. The van der Waals surface area contributed by atoms with Crippen molar-refractivity contribution in [2.24, 2.45) is 17.8 Å². The number of aromatic nitrogens is 1. The fraction of sp³-hybridized carbons (Fsp3) is 0.583. The van der Waals surface area contributed by atoms with E-state index in [1.165, 1.54) is 41.6 Å². The molecule has 1 aliphatic rings. The van der Waals surface area contributed by atoms with E-state index in [9.17, 15) is 44.3 Å². The fourth-order valence-corrected chi connectivity index (χ4v) is 8.80. The normalized spacial score (nSPS) is 16.9. The second kappa shape index (κ2) is 26.9. The molecule has 4 N–H and O–H groups in total. The number of aromatic hydroxyl groups is 1. The number of esters is 1. The lowest BCUT2D eigenvalue weighted by atomic mass is 9.93. The molecule has 19 heteroatoms. The fourth-order valence-electron chi connectivity index (χ4n) is 7.96. The van der Waals surface area contributed by atoms with E-state index >= 15 is 0 Å². The number of hydroxylamine groups is 2. The number of ether oxygens (including phenoxy) is 2. The van der Waals surface area contributed by atoms with Crippen LogP contribution in [0.25, 0.3) is 0 Å². The van der Waals surface area contributed by atoms with E-state index in [0.29, 0.717) is 24.3 Å². The summed E-state index contributed by atoms with van der Waals surface area (Å²) in [6, 6.07) is 10.1. The summed E-state index contributed by atoms with van der Waals surface area (Å²) in [7, 11) is 1.94. The lowest BCUT2D eigenvalue weighted by Gasteiger charge is -2.38. The van der Waals surface area contributed by atoms with Crippen molar-refractivity contribution in [2.45, 2.75) is 130 Å². The Morgan fingerprint density at radius 3 is 2.30 bits per heavy atom. The molecule has 368 valence electrons. The number of nitro benzene ring substituents is 1. The number of hydrogen-bond acceptors (Lipinski definition) is 15. The summed E-state index contributed by atoms with van der Waals surface area (Å²) in [5.74, 6) is -3.76. The number of carbonyl (C=O) groups excluding carboxylic acids is 4. The number of phenols is 1. The van der Waals surface area contributed by atoms with Crippen molar-refractivity contribution in [2.75, 3.05) is 33.4 Å². The van der Waals surface area contributed by atoms with Gasteiger partial charge in [-0.3, -0.25) is 49.1 Å². The van der Waals surface area contributed by atoms with Gasteiger partial charge in [-0.25, -0.2) is 10.0 Å². The van der Waals surface area contributed by atoms with Crippen LogP contribution < -0.4 is 10.6 Å². The van der Waals surface area contributed by atoms with Crippen molar-refractivity contribution in [1.29, 1.82) is 0 Å². The van der Waals surface area contributed by atoms with Crippen molar-refractivity contribution in [3.63, 3.8) is 0 Å². The van der Waals surface area contributed by atoms with Gasteiger partial charge in [-0.2, -0.15) is 0 Å². The molecule has 0 spiro atoms. The number of amides is 2. The molecule has 2 heterocycles. The highest BCUT2D eigenvalue weighted by molar-refractivity contribution is 7.09. The van der Waals surface area contributed by atoms with Crippen LogP contribution in [0.4, 0.5) is 5.69 Å². The molecule has 0 bridgehead atoms. The Morgan fingerprint density at radius 1 is 1.00 bits per heavy atom. The summed E-state index contributed by atoms with van der Waals surface area (Å²) in [6.07, 6.45) is 3.14. The van der Waals surface area contributed by atoms with Gasteiger partial charge in [0.05, 0.1) is 48.7 Å². The topological polar surface area (TPSA) is 240 Å². The molecule has 7 atom stereocenters. The zero-order valence-electron chi connectivity index (χ0n) is 39.7. The summed E-state index contributed by atoms with van der Waals surface area (Å²) in [5.41, 5.74) is 1.54. The maximum absolute atomic E-state index is 14.9. The van der Waals surface area contributed by atoms with Gasteiger partial charge in [0.15, 0.2) is 11.9 Å². The van der Waals surface area contributed by atoms with Crippen LogP contribution in [0, 0.1) is 27.9 Å². The average molecular weight is 953 g/mol. The zero-order chi connectivity index (χ0) is 49.2. The highest BCUT2D eigenvalue weighted by atomic mass is 32.1. The number of likely N-dealkylation sites (tertiary alicyclic amines) is 1. The van der Waals surface area contributed by atoms with Gasteiger partial charge in [0, 0.05) is 43.5 Å². The van der Waals surface area contributed by atoms with Crippen molar-refractivity contribution in [1.82, 2.24) is 25.6 Å². The molecule has 0 radical (unpaired) electrons. The number of carboxylic acids is 1. The summed E-state index contributed by atoms with van der Waals surface area (Å²) >= 11 is 1.10. The average Bonchev–Trinajstić information content (AvgIpc) is 3.79. The van der Waals surface area contributed by atoms with Gasteiger partial charge >= 0.3 is 11.9 Å². The monoisotopic (exact) mass is 952 g/mol. The number of piperidine rings is 1. The Kier molecular flexibility index (Phi) is 21.8. The highest BCUT2D eigenvalue weighted by Gasteiger charge is 2.39. The van der Waals surface area contributed by atoms with E-state index in [2.05, 4.69) is 20.5 Å². The zero-order valence-corrected chi connectivity index (χ0v) is 40.5. The third-order valence-electron chi connectivity index (χ3n) is 12.1. The number of carboxylic acid groups (broad SMARTS) is 1. The number of ketones is 1. The Labute approximate surface area is 396 Å². The minimum absolute atomic E-state index is 0.00274. The molecule has 1 saturated heterocycles. The number of nitrogens with zero attached hydrogens (tertiary/aromatic N) is 4. The number of benzene rings is 2. The van der Waals surface area contributed by atoms with Crippen LogP contribution in [-0.4, -0.2) is 117 Å². The smallest absolute Gasteiger partial charge is 0.306 e. The van der Waals surface area contributed by atoms with Crippen molar-refractivity contribution in [3.05, 3.63) is 85.9 Å². The van der Waals surface area contributed by atoms with Crippen LogP contribution >= 0.6 is 11.3 Å². The molecular formula is C48H68N6O12S. The number of aliphatic carboxylic acids is 1. The molecule has 1 aromatic heterocycles. The summed E-state index contributed by atoms with van der Waals surface area (Å²) in [4.78, 5) is 90.4. The van der Waals surface area contributed by atoms with Gasteiger partial charge in [0.1, 0.15) is 16.5 Å². The van der Waals surface area contributed by atoms with Crippen LogP contribution in [0.2, 0.25) is 0 Å². The molecular weight excluding hydrogens is 885 g/mol. The minimum Gasteiger partial charge on any atom is -0.508 e. The number of Topliss-reactive ketones (excluding diaryl/α,β-unsaturated/α-hetero) is 1. The molecule has 4 rings (SSSR count). The van der Waals surface area contributed by atoms with E-state index in [0.717, 1.165) is 48.3 Å². The number of likely N-dealkylation sites (N-methyl/N-ethyl adjacent to an activating group) is 1. The second-order valence-electron chi connectivity index (χ2n) is 17.8. The van der Waals surface area contributed by atoms with Gasteiger partial charge in [-0.05, 0) is 92.9 Å². The van der Waals surface area contributed by atoms with Gasteiger partial charge in [-0.15, -0.1) is 11.3 Å². The number of hydrogen-bond donors (Lipinski definition) is 4. The molecule has 1 fully saturated rings. The molecule has 0 unspecified atom stereocenters. The standard InChI is InChI=1S/C48H68N6O12S/c1-8-31(4)44(49-27-42(57)40-12-9-10-21-52(40)7)47(59)53(65-23-11-22-64-28-35-13-17-37(18-14-35)54(62)63)41(30(2)3)26-43(66-33(6)55)46-51-39(29-67-46)45(58)50-36(24-32(5)48(60)61)25-34-15-19-38(56)20-16-34/h13-20,29-32,36,40-41,43-44,49,56H,8-12,21-28H2,1-7H3,(H,50,58)(H,60,61)/t31-,32-,36+,40+,41+,43+,44-/m0/s1. The first-order chi connectivity index (χ1) is 31.9.